The fourth-order valence-corrected chi connectivity index (χ4v) is 4.33. The average molecular weight is 410 g/mol. The van der Waals surface area contributed by atoms with Gasteiger partial charge in [0.2, 0.25) is 0 Å². The summed E-state index contributed by atoms with van der Waals surface area (Å²) in [6.07, 6.45) is -5.49. The third-order valence-electron chi connectivity index (χ3n) is 4.02. The molecule has 1 saturated heterocycles. The Morgan fingerprint density at radius 2 is 2.07 bits per heavy atom. The van der Waals surface area contributed by atoms with Crippen molar-refractivity contribution in [3.8, 4) is 5.75 Å². The van der Waals surface area contributed by atoms with E-state index in [1.165, 1.54) is 19.2 Å². The van der Waals surface area contributed by atoms with Crippen molar-refractivity contribution in [2.45, 2.75) is 24.7 Å². The zero-order chi connectivity index (χ0) is 20.2. The lowest BCUT2D eigenvalue weighted by atomic mass is 10.2. The van der Waals surface area contributed by atoms with Crippen LogP contribution < -0.4 is 10.1 Å². The Kier molecular flexibility index (Phi) is 6.58. The second-order valence-electron chi connectivity index (χ2n) is 6.39. The molecule has 0 aliphatic carbocycles. The second kappa shape index (κ2) is 8.34. The highest BCUT2D eigenvalue weighted by Gasteiger charge is 2.34. The highest BCUT2D eigenvalue weighted by atomic mass is 32.2. The molecule has 2 N–H and O–H groups in total. The molecule has 0 radical (unpaired) electrons. The lowest BCUT2D eigenvalue weighted by molar-refractivity contribution is -0.139. The molecule has 0 aromatic heterocycles. The van der Waals surface area contributed by atoms with Gasteiger partial charge in [-0.05, 0) is 18.6 Å². The van der Waals surface area contributed by atoms with Crippen LogP contribution in [0.5, 0.6) is 5.75 Å². The first-order valence-corrected chi connectivity index (χ1v) is 9.99. The van der Waals surface area contributed by atoms with Crippen molar-refractivity contribution in [2.24, 2.45) is 0 Å². The molecule has 0 saturated carbocycles. The molecule has 1 aromatic rings. The van der Waals surface area contributed by atoms with Crippen LogP contribution in [-0.2, 0) is 16.0 Å². The van der Waals surface area contributed by atoms with Crippen LogP contribution in [0.1, 0.15) is 12.0 Å². The first-order chi connectivity index (χ1) is 12.5. The normalized spacial score (nSPS) is 20.1. The number of urea groups is 1. The fraction of sp³-hybridized carbons (Fsp3) is 0.562. The number of amides is 2. The number of ether oxygens (including phenoxy) is 1. The maximum Gasteiger partial charge on any atom is 0.419 e. The highest BCUT2D eigenvalue weighted by molar-refractivity contribution is 7.91. The molecule has 0 spiro atoms. The van der Waals surface area contributed by atoms with Gasteiger partial charge in [0.05, 0.1) is 23.6 Å². The van der Waals surface area contributed by atoms with Crippen LogP contribution >= 0.6 is 0 Å². The van der Waals surface area contributed by atoms with Gasteiger partial charge < -0.3 is 20.1 Å². The monoisotopic (exact) mass is 410 g/mol. The summed E-state index contributed by atoms with van der Waals surface area (Å²) >= 11 is 0. The molecule has 2 rings (SSSR count). The maximum atomic E-state index is 12.9. The zero-order valence-corrected chi connectivity index (χ0v) is 15.4. The molecule has 7 nitrogen and oxygen atoms in total. The van der Waals surface area contributed by atoms with Gasteiger partial charge in [0, 0.05) is 13.1 Å². The highest BCUT2D eigenvalue weighted by Crippen LogP contribution is 2.35. The lowest BCUT2D eigenvalue weighted by Crippen LogP contribution is -2.46. The second-order valence-corrected chi connectivity index (χ2v) is 8.62. The summed E-state index contributed by atoms with van der Waals surface area (Å²) in [6.45, 7) is -0.637. The quantitative estimate of drug-likeness (QED) is 0.737. The average Bonchev–Trinajstić information content (AvgIpc) is 2.90. The smallest absolute Gasteiger partial charge is 0.419 e. The standard InChI is InChI=1S/C16H21F3N2O5S/c1-21(15(23)20-11-6-7-27(24,25)10-11)8-12(22)9-26-14-5-3-2-4-13(14)16(17,18)19/h2-5,11-12,22H,6-10H2,1H3,(H,20,23)/t11-,12-/m0/s1. The van der Waals surface area contributed by atoms with Crippen molar-refractivity contribution < 1.29 is 36.2 Å². The molecule has 1 aliphatic rings. The first kappa shape index (κ1) is 21.3. The van der Waals surface area contributed by atoms with Crippen LogP contribution in [0.15, 0.2) is 24.3 Å². The van der Waals surface area contributed by atoms with Crippen molar-refractivity contribution in [3.05, 3.63) is 29.8 Å². The first-order valence-electron chi connectivity index (χ1n) is 8.17. The predicted octanol–water partition coefficient (Wildman–Crippen LogP) is 1.27. The number of nitrogens with zero attached hydrogens (tertiary/aromatic N) is 1. The number of carbonyl (C=O) groups is 1. The van der Waals surface area contributed by atoms with Crippen LogP contribution in [0.3, 0.4) is 0 Å². The summed E-state index contributed by atoms with van der Waals surface area (Å²) in [5.41, 5.74) is -0.953. The number of rotatable bonds is 6. The van der Waals surface area contributed by atoms with Gasteiger partial charge in [-0.3, -0.25) is 0 Å². The Hall–Kier alpha value is -2.01. The molecule has 152 valence electrons. The number of likely N-dealkylation sites (N-methyl/N-ethyl adjacent to an activating group) is 1. The van der Waals surface area contributed by atoms with Crippen molar-refractivity contribution in [3.63, 3.8) is 0 Å². The molecular weight excluding hydrogens is 389 g/mol. The number of sulfone groups is 1. The van der Waals surface area contributed by atoms with E-state index in [1.807, 2.05) is 0 Å². The topological polar surface area (TPSA) is 95.9 Å². The number of carbonyl (C=O) groups excluding carboxylic acids is 1. The van der Waals surface area contributed by atoms with E-state index in [4.69, 9.17) is 4.74 Å². The van der Waals surface area contributed by atoms with Gasteiger partial charge in [-0.15, -0.1) is 0 Å². The van der Waals surface area contributed by atoms with E-state index in [0.29, 0.717) is 6.42 Å². The van der Waals surface area contributed by atoms with Gasteiger partial charge in [-0.2, -0.15) is 13.2 Å². The molecule has 27 heavy (non-hydrogen) atoms. The fourth-order valence-electron chi connectivity index (χ4n) is 2.66. The molecule has 1 heterocycles. The van der Waals surface area contributed by atoms with E-state index in [9.17, 15) is 31.5 Å². The predicted molar refractivity (Wildman–Crippen MR) is 91.2 cm³/mol. The summed E-state index contributed by atoms with van der Waals surface area (Å²) in [4.78, 5) is 13.1. The molecule has 0 unspecified atom stereocenters. The third kappa shape index (κ3) is 6.28. The van der Waals surface area contributed by atoms with E-state index in [2.05, 4.69) is 5.32 Å². The van der Waals surface area contributed by atoms with Crippen molar-refractivity contribution in [1.82, 2.24) is 10.2 Å². The van der Waals surface area contributed by atoms with E-state index in [-0.39, 0.29) is 18.1 Å². The molecule has 1 aliphatic heterocycles. The van der Waals surface area contributed by atoms with E-state index in [0.717, 1.165) is 17.0 Å². The minimum atomic E-state index is -4.58. The molecule has 1 fully saturated rings. The van der Waals surface area contributed by atoms with E-state index < -0.39 is 52.1 Å². The Labute approximate surface area is 155 Å². The van der Waals surface area contributed by atoms with Gasteiger partial charge in [-0.1, -0.05) is 12.1 Å². The molecule has 11 heteroatoms. The number of aliphatic hydroxyl groups excluding tert-OH is 1. The third-order valence-corrected chi connectivity index (χ3v) is 5.78. The van der Waals surface area contributed by atoms with Crippen LogP contribution in [-0.4, -0.2) is 68.3 Å². The summed E-state index contributed by atoms with van der Waals surface area (Å²) in [7, 11) is -1.76. The van der Waals surface area contributed by atoms with Crippen molar-refractivity contribution in [1.29, 1.82) is 0 Å². The van der Waals surface area contributed by atoms with Crippen LogP contribution in [0.2, 0.25) is 0 Å². The molecule has 2 atom stereocenters. The number of hydrogen-bond donors (Lipinski definition) is 2. The minimum absolute atomic E-state index is 0.0107. The molecule has 1 aromatic carbocycles. The lowest BCUT2D eigenvalue weighted by Gasteiger charge is -2.23. The summed E-state index contributed by atoms with van der Waals surface area (Å²) < 4.78 is 66.5. The number of hydrogen-bond acceptors (Lipinski definition) is 5. The van der Waals surface area contributed by atoms with Crippen molar-refractivity contribution >= 4 is 15.9 Å². The molecule has 2 amide bonds. The van der Waals surface area contributed by atoms with Crippen LogP contribution in [0, 0.1) is 0 Å². The van der Waals surface area contributed by atoms with E-state index in [1.54, 1.807) is 0 Å². The molecule has 0 bridgehead atoms. The maximum absolute atomic E-state index is 12.9. The largest absolute Gasteiger partial charge is 0.490 e. The van der Waals surface area contributed by atoms with Gasteiger partial charge in [-0.25, -0.2) is 13.2 Å². The van der Waals surface area contributed by atoms with Gasteiger partial charge in [0.15, 0.2) is 9.84 Å². The minimum Gasteiger partial charge on any atom is -0.490 e. The Bertz CT molecular complexity index is 770. The number of nitrogens with one attached hydrogen (secondary N) is 1. The summed E-state index contributed by atoms with van der Waals surface area (Å²) in [5, 5.41) is 12.5. The van der Waals surface area contributed by atoms with Crippen LogP contribution in [0.25, 0.3) is 0 Å². The van der Waals surface area contributed by atoms with Gasteiger partial charge >= 0.3 is 12.2 Å². The Morgan fingerprint density at radius 3 is 2.67 bits per heavy atom. The number of alkyl halides is 3. The number of para-hydroxylation sites is 1. The van der Waals surface area contributed by atoms with Crippen molar-refractivity contribution in [2.75, 3.05) is 31.7 Å². The van der Waals surface area contributed by atoms with Gasteiger partial charge in [0.1, 0.15) is 18.5 Å². The number of benzene rings is 1. The number of aliphatic hydroxyl groups is 1. The Balaban J connectivity index is 1.83. The SMILES string of the molecule is CN(C[C@H](O)COc1ccccc1C(F)(F)F)C(=O)N[C@H]1CCS(=O)(=O)C1. The summed E-state index contributed by atoms with van der Waals surface area (Å²) in [5.74, 6) is -0.532. The van der Waals surface area contributed by atoms with Gasteiger partial charge in [0.25, 0.3) is 0 Å². The summed E-state index contributed by atoms with van der Waals surface area (Å²) in [6, 6.07) is 3.56. The van der Waals surface area contributed by atoms with Crippen LogP contribution in [0.4, 0.5) is 18.0 Å². The zero-order valence-electron chi connectivity index (χ0n) is 14.6. The van der Waals surface area contributed by atoms with E-state index >= 15 is 0 Å². The molecular formula is C16H21F3N2O5S. The Morgan fingerprint density at radius 1 is 1.41 bits per heavy atom. The number of halogens is 3.